The first kappa shape index (κ1) is 12.2. The van der Waals surface area contributed by atoms with Crippen molar-refractivity contribution in [1.82, 2.24) is 24.7 Å². The van der Waals surface area contributed by atoms with Crippen molar-refractivity contribution in [2.24, 2.45) is 5.84 Å². The van der Waals surface area contributed by atoms with Crippen LogP contribution in [0.4, 0.5) is 5.95 Å². The molecule has 0 unspecified atom stereocenters. The Morgan fingerprint density at radius 3 is 2.67 bits per heavy atom. The quantitative estimate of drug-likeness (QED) is 0.595. The minimum absolute atomic E-state index is 0.211. The fourth-order valence-corrected chi connectivity index (χ4v) is 1.53. The van der Waals surface area contributed by atoms with Gasteiger partial charge in [0.05, 0.1) is 12.3 Å². The van der Waals surface area contributed by atoms with Crippen LogP contribution in [-0.4, -0.2) is 31.3 Å². The van der Waals surface area contributed by atoms with Gasteiger partial charge in [-0.15, -0.1) is 0 Å². The summed E-state index contributed by atoms with van der Waals surface area (Å²) in [6.07, 6.45) is 0. The van der Waals surface area contributed by atoms with Crippen LogP contribution in [-0.2, 0) is 0 Å². The molecule has 18 heavy (non-hydrogen) atoms. The van der Waals surface area contributed by atoms with Crippen LogP contribution in [0, 0.1) is 13.8 Å². The molecule has 0 atom stereocenters. The van der Waals surface area contributed by atoms with Crippen molar-refractivity contribution in [2.45, 2.75) is 20.8 Å². The highest BCUT2D eigenvalue weighted by molar-refractivity contribution is 5.29. The molecule has 0 fully saturated rings. The molecule has 0 aliphatic heterocycles. The minimum Gasteiger partial charge on any atom is -0.464 e. The van der Waals surface area contributed by atoms with Crippen molar-refractivity contribution in [3.05, 3.63) is 17.5 Å². The maximum absolute atomic E-state index is 5.32. The highest BCUT2D eigenvalue weighted by Crippen LogP contribution is 2.12. The van der Waals surface area contributed by atoms with Crippen molar-refractivity contribution in [1.29, 1.82) is 0 Å². The summed E-state index contributed by atoms with van der Waals surface area (Å²) in [7, 11) is 0. The lowest BCUT2D eigenvalue weighted by molar-refractivity contribution is 0.311. The molecule has 2 aromatic heterocycles. The molecule has 96 valence electrons. The summed E-state index contributed by atoms with van der Waals surface area (Å²) in [4.78, 5) is 12.3. The lowest BCUT2D eigenvalue weighted by atomic mass is 10.4. The van der Waals surface area contributed by atoms with Crippen LogP contribution in [0.1, 0.15) is 18.3 Å². The second-order valence-electron chi connectivity index (χ2n) is 3.66. The fourth-order valence-electron chi connectivity index (χ4n) is 1.53. The molecule has 0 aliphatic carbocycles. The van der Waals surface area contributed by atoms with E-state index in [2.05, 4.69) is 25.5 Å². The molecule has 0 saturated heterocycles. The number of nitrogens with one attached hydrogen (secondary N) is 1. The number of hydrazine groups is 1. The van der Waals surface area contributed by atoms with Crippen LogP contribution in [0.15, 0.2) is 6.07 Å². The number of nitrogens with zero attached hydrogens (tertiary/aromatic N) is 5. The first-order valence-electron chi connectivity index (χ1n) is 5.53. The topological polar surface area (TPSA) is 104 Å². The number of aromatic nitrogens is 5. The Balaban J connectivity index is 2.49. The number of rotatable bonds is 4. The fraction of sp³-hybridized carbons (Fsp3) is 0.400. The highest BCUT2D eigenvalue weighted by atomic mass is 16.5. The Kier molecular flexibility index (Phi) is 3.38. The van der Waals surface area contributed by atoms with E-state index in [0.717, 1.165) is 11.4 Å². The Morgan fingerprint density at radius 1 is 1.33 bits per heavy atom. The van der Waals surface area contributed by atoms with Gasteiger partial charge in [-0.1, -0.05) is 0 Å². The summed E-state index contributed by atoms with van der Waals surface area (Å²) in [6.45, 7) is 6.13. The van der Waals surface area contributed by atoms with Gasteiger partial charge in [-0.05, 0) is 26.8 Å². The molecule has 0 radical (unpaired) electrons. The molecule has 2 aromatic rings. The van der Waals surface area contributed by atoms with Crippen LogP contribution >= 0.6 is 0 Å². The first-order chi connectivity index (χ1) is 8.63. The lowest BCUT2D eigenvalue weighted by Crippen LogP contribution is -2.15. The maximum atomic E-state index is 5.32. The van der Waals surface area contributed by atoms with Crippen LogP contribution in [0.3, 0.4) is 0 Å². The van der Waals surface area contributed by atoms with E-state index in [-0.39, 0.29) is 12.0 Å². The normalized spacial score (nSPS) is 10.4. The molecule has 0 bridgehead atoms. The molecule has 8 nitrogen and oxygen atoms in total. The molecular weight excluding hydrogens is 234 g/mol. The Labute approximate surface area is 104 Å². The molecule has 2 heterocycles. The van der Waals surface area contributed by atoms with Gasteiger partial charge in [0.15, 0.2) is 0 Å². The third-order valence-corrected chi connectivity index (χ3v) is 2.20. The zero-order valence-corrected chi connectivity index (χ0v) is 10.5. The zero-order chi connectivity index (χ0) is 13.1. The second-order valence-corrected chi connectivity index (χ2v) is 3.66. The number of nitrogens with two attached hydrogens (primary N) is 1. The molecule has 3 N–H and O–H groups in total. The van der Waals surface area contributed by atoms with Gasteiger partial charge in [0.25, 0.3) is 5.95 Å². The van der Waals surface area contributed by atoms with Crippen molar-refractivity contribution in [3.8, 4) is 12.0 Å². The largest absolute Gasteiger partial charge is 0.464 e. The second kappa shape index (κ2) is 4.96. The third kappa shape index (κ3) is 2.38. The molecular formula is C10H15N7O. The average Bonchev–Trinajstić information content (AvgIpc) is 2.68. The summed E-state index contributed by atoms with van der Waals surface area (Å²) < 4.78 is 6.87. The standard InChI is InChI=1S/C10H15N7O/c1-4-18-10-13-8(15-11)12-9(14-10)17-7(3)5-6(2)16-17/h5H,4,11H2,1-3H3,(H,12,13,14,15). The Morgan fingerprint density at radius 2 is 2.11 bits per heavy atom. The van der Waals surface area contributed by atoms with Crippen molar-refractivity contribution in [2.75, 3.05) is 12.0 Å². The van der Waals surface area contributed by atoms with Gasteiger partial charge in [-0.25, -0.2) is 10.5 Å². The summed E-state index contributed by atoms with van der Waals surface area (Å²) in [6, 6.07) is 2.14. The third-order valence-electron chi connectivity index (χ3n) is 2.20. The lowest BCUT2D eigenvalue weighted by Gasteiger charge is -2.07. The summed E-state index contributed by atoms with van der Waals surface area (Å²) >= 11 is 0. The van der Waals surface area contributed by atoms with Crippen LogP contribution in [0.5, 0.6) is 6.01 Å². The van der Waals surface area contributed by atoms with Crippen molar-refractivity contribution < 1.29 is 4.74 Å². The van der Waals surface area contributed by atoms with E-state index < -0.39 is 0 Å². The van der Waals surface area contributed by atoms with Crippen molar-refractivity contribution in [3.63, 3.8) is 0 Å². The number of anilines is 1. The number of nitrogen functional groups attached to an aromatic ring is 1. The summed E-state index contributed by atoms with van der Waals surface area (Å²) in [5, 5.41) is 4.30. The van der Waals surface area contributed by atoms with E-state index in [1.165, 1.54) is 0 Å². The molecule has 2 rings (SSSR count). The van der Waals surface area contributed by atoms with Gasteiger partial charge in [0, 0.05) is 5.69 Å². The number of hydrogen-bond acceptors (Lipinski definition) is 7. The van der Waals surface area contributed by atoms with Gasteiger partial charge in [0.2, 0.25) is 5.95 Å². The van der Waals surface area contributed by atoms with Crippen molar-refractivity contribution >= 4 is 5.95 Å². The average molecular weight is 249 g/mol. The molecule has 0 aromatic carbocycles. The molecule has 0 saturated carbocycles. The smallest absolute Gasteiger partial charge is 0.323 e. The van der Waals surface area contributed by atoms with Crippen LogP contribution in [0.25, 0.3) is 5.95 Å². The van der Waals surface area contributed by atoms with E-state index in [1.807, 2.05) is 26.8 Å². The zero-order valence-electron chi connectivity index (χ0n) is 10.5. The molecule has 0 amide bonds. The maximum Gasteiger partial charge on any atom is 0.323 e. The highest BCUT2D eigenvalue weighted by Gasteiger charge is 2.11. The number of ether oxygens (including phenoxy) is 1. The van der Waals surface area contributed by atoms with Gasteiger partial charge in [-0.2, -0.15) is 20.1 Å². The van der Waals surface area contributed by atoms with Gasteiger partial charge < -0.3 is 4.74 Å². The Hall–Kier alpha value is -2.22. The van der Waals surface area contributed by atoms with E-state index in [9.17, 15) is 0 Å². The Bertz CT molecular complexity index is 551. The number of hydrogen-bond donors (Lipinski definition) is 2. The van der Waals surface area contributed by atoms with Gasteiger partial charge >= 0.3 is 6.01 Å². The van der Waals surface area contributed by atoms with E-state index >= 15 is 0 Å². The van der Waals surface area contributed by atoms with E-state index in [1.54, 1.807) is 4.68 Å². The molecule has 0 spiro atoms. The predicted molar refractivity (Wildman–Crippen MR) is 65.4 cm³/mol. The summed E-state index contributed by atoms with van der Waals surface area (Å²) in [5.41, 5.74) is 4.18. The van der Waals surface area contributed by atoms with Gasteiger partial charge in [0.1, 0.15) is 0 Å². The molecule has 8 heteroatoms. The minimum atomic E-state index is 0.211. The van der Waals surface area contributed by atoms with Crippen LogP contribution < -0.4 is 16.0 Å². The molecule has 0 aliphatic rings. The van der Waals surface area contributed by atoms with E-state index in [0.29, 0.717) is 12.6 Å². The monoisotopic (exact) mass is 249 g/mol. The SMILES string of the molecule is CCOc1nc(NN)nc(-n2nc(C)cc2C)n1. The predicted octanol–water partition coefficient (Wildman–Crippen LogP) is 0.358. The van der Waals surface area contributed by atoms with Gasteiger partial charge in [-0.3, -0.25) is 5.43 Å². The van der Waals surface area contributed by atoms with E-state index in [4.69, 9.17) is 10.6 Å². The number of aryl methyl sites for hydroxylation is 2. The first-order valence-corrected chi connectivity index (χ1v) is 5.53. The van der Waals surface area contributed by atoms with Crippen LogP contribution in [0.2, 0.25) is 0 Å². The summed E-state index contributed by atoms with van der Waals surface area (Å²) in [5.74, 6) is 5.92.